The van der Waals surface area contributed by atoms with E-state index in [2.05, 4.69) is 22.1 Å². The van der Waals surface area contributed by atoms with E-state index >= 15 is 0 Å². The lowest BCUT2D eigenvalue weighted by atomic mass is 10.4. The number of rotatable bonds is 4. The van der Waals surface area contributed by atoms with E-state index in [1.807, 2.05) is 17.1 Å². The molecule has 5 nitrogen and oxygen atoms in total. The number of hydrogen-bond acceptors (Lipinski definition) is 6. The molecule has 16 heavy (non-hydrogen) atoms. The summed E-state index contributed by atoms with van der Waals surface area (Å²) in [6.07, 6.45) is 0. The van der Waals surface area contributed by atoms with Crippen LogP contribution < -0.4 is 5.73 Å². The van der Waals surface area contributed by atoms with Gasteiger partial charge in [-0.3, -0.25) is 0 Å². The van der Waals surface area contributed by atoms with Crippen LogP contribution in [-0.4, -0.2) is 19.7 Å². The van der Waals surface area contributed by atoms with Gasteiger partial charge in [0.2, 0.25) is 0 Å². The van der Waals surface area contributed by atoms with Crippen molar-refractivity contribution in [2.75, 3.05) is 0 Å². The van der Waals surface area contributed by atoms with E-state index in [0.717, 1.165) is 22.4 Å². The maximum Gasteiger partial charge on any atom is 0.191 e. The highest BCUT2D eigenvalue weighted by molar-refractivity contribution is 7.98. The zero-order valence-corrected chi connectivity index (χ0v) is 10.8. The van der Waals surface area contributed by atoms with Gasteiger partial charge in [0.25, 0.3) is 0 Å². The molecule has 0 spiro atoms. The van der Waals surface area contributed by atoms with Crippen molar-refractivity contribution in [2.45, 2.75) is 24.4 Å². The summed E-state index contributed by atoms with van der Waals surface area (Å²) < 4.78 is 1.92. The average Bonchev–Trinajstić information content (AvgIpc) is 2.83. The van der Waals surface area contributed by atoms with E-state index in [0.29, 0.717) is 6.54 Å². The summed E-state index contributed by atoms with van der Waals surface area (Å²) in [5, 5.41) is 8.98. The number of aryl methyl sites for hydroxylation is 1. The van der Waals surface area contributed by atoms with E-state index in [4.69, 9.17) is 5.73 Å². The lowest BCUT2D eigenvalue weighted by Crippen LogP contribution is -2.05. The van der Waals surface area contributed by atoms with Gasteiger partial charge in [0.15, 0.2) is 5.16 Å². The Morgan fingerprint density at radius 3 is 2.88 bits per heavy atom. The first-order valence-electron chi connectivity index (χ1n) is 4.82. The molecule has 2 aromatic heterocycles. The van der Waals surface area contributed by atoms with E-state index in [1.54, 1.807) is 23.1 Å². The van der Waals surface area contributed by atoms with Crippen LogP contribution >= 0.6 is 23.1 Å². The van der Waals surface area contributed by atoms with Gasteiger partial charge in [-0.05, 0) is 6.92 Å². The number of aromatic nitrogens is 4. The molecule has 0 bridgehead atoms. The molecule has 0 atom stereocenters. The molecule has 0 aliphatic carbocycles. The summed E-state index contributed by atoms with van der Waals surface area (Å²) in [6, 6.07) is 0. The van der Waals surface area contributed by atoms with Crippen LogP contribution in [0.4, 0.5) is 0 Å². The average molecular weight is 255 g/mol. The smallest absolute Gasteiger partial charge is 0.191 e. The molecule has 0 saturated carbocycles. The Balaban J connectivity index is 2.05. The van der Waals surface area contributed by atoms with Crippen molar-refractivity contribution in [1.82, 2.24) is 19.7 Å². The van der Waals surface area contributed by atoms with Gasteiger partial charge in [-0.1, -0.05) is 11.8 Å². The highest BCUT2D eigenvalue weighted by Gasteiger charge is 2.09. The quantitative estimate of drug-likeness (QED) is 0.835. The molecule has 0 unspecified atom stereocenters. The first-order valence-corrected chi connectivity index (χ1v) is 6.69. The normalized spacial score (nSPS) is 10.9. The second-order valence-corrected chi connectivity index (χ2v) is 5.31. The second-order valence-electron chi connectivity index (χ2n) is 3.31. The number of thiazole rings is 1. The second kappa shape index (κ2) is 4.94. The maximum atomic E-state index is 5.54. The third-order valence-electron chi connectivity index (χ3n) is 2.29. The highest BCUT2D eigenvalue weighted by atomic mass is 32.2. The van der Waals surface area contributed by atoms with Crippen molar-refractivity contribution in [3.8, 4) is 0 Å². The Labute approximate surface area is 102 Å². The lowest BCUT2D eigenvalue weighted by molar-refractivity contribution is 0.734. The Morgan fingerprint density at radius 1 is 1.50 bits per heavy atom. The van der Waals surface area contributed by atoms with Crippen LogP contribution in [0.5, 0.6) is 0 Å². The molecule has 7 heteroatoms. The van der Waals surface area contributed by atoms with E-state index in [-0.39, 0.29) is 0 Å². The van der Waals surface area contributed by atoms with Crippen molar-refractivity contribution < 1.29 is 0 Å². The van der Waals surface area contributed by atoms with Crippen LogP contribution in [0.15, 0.2) is 10.7 Å². The van der Waals surface area contributed by atoms with Gasteiger partial charge >= 0.3 is 0 Å². The topological polar surface area (TPSA) is 69.6 Å². The third kappa shape index (κ3) is 2.26. The summed E-state index contributed by atoms with van der Waals surface area (Å²) >= 11 is 3.30. The van der Waals surface area contributed by atoms with Gasteiger partial charge in [-0.25, -0.2) is 4.98 Å². The monoisotopic (exact) mass is 255 g/mol. The zero-order chi connectivity index (χ0) is 11.5. The van der Waals surface area contributed by atoms with Crippen molar-refractivity contribution in [2.24, 2.45) is 12.8 Å². The molecule has 0 aromatic carbocycles. The van der Waals surface area contributed by atoms with Crippen LogP contribution in [0.1, 0.15) is 16.4 Å². The molecule has 0 aliphatic rings. The molecule has 0 fully saturated rings. The fourth-order valence-electron chi connectivity index (χ4n) is 1.25. The maximum absolute atomic E-state index is 5.54. The summed E-state index contributed by atoms with van der Waals surface area (Å²) in [5.74, 6) is 1.63. The summed E-state index contributed by atoms with van der Waals surface area (Å²) in [4.78, 5) is 5.56. The predicted octanol–water partition coefficient (Wildman–Crippen LogP) is 1.33. The Hall–Kier alpha value is -0.920. The fourth-order valence-corrected chi connectivity index (χ4v) is 2.89. The fraction of sp³-hybridized carbons (Fsp3) is 0.444. The number of nitrogens with two attached hydrogens (primary N) is 1. The van der Waals surface area contributed by atoms with Gasteiger partial charge < -0.3 is 10.3 Å². The molecule has 0 aliphatic heterocycles. The molecular weight excluding hydrogens is 242 g/mol. The number of nitrogens with zero attached hydrogens (tertiary/aromatic N) is 4. The van der Waals surface area contributed by atoms with Crippen LogP contribution in [0.2, 0.25) is 0 Å². The van der Waals surface area contributed by atoms with Crippen LogP contribution in [0.25, 0.3) is 0 Å². The Bertz CT molecular complexity index is 476. The Kier molecular flexibility index (Phi) is 3.57. The number of hydrogen-bond donors (Lipinski definition) is 1. The van der Waals surface area contributed by atoms with Gasteiger partial charge in [0.05, 0.1) is 17.7 Å². The Morgan fingerprint density at radius 2 is 2.31 bits per heavy atom. The van der Waals surface area contributed by atoms with Crippen molar-refractivity contribution >= 4 is 23.1 Å². The standard InChI is InChI=1S/C9H13N5S2/c1-6-7(11-5-16-6)4-15-9-13-12-8(3-10)14(9)2/h5H,3-4,10H2,1-2H3. The predicted molar refractivity (Wildman–Crippen MR) is 65.3 cm³/mol. The molecule has 0 radical (unpaired) electrons. The molecule has 86 valence electrons. The van der Waals surface area contributed by atoms with Gasteiger partial charge in [0, 0.05) is 17.7 Å². The largest absolute Gasteiger partial charge is 0.324 e. The van der Waals surface area contributed by atoms with Crippen LogP contribution in [0.3, 0.4) is 0 Å². The van der Waals surface area contributed by atoms with E-state index in [1.165, 1.54) is 4.88 Å². The first-order chi connectivity index (χ1) is 7.72. The zero-order valence-electron chi connectivity index (χ0n) is 9.17. The van der Waals surface area contributed by atoms with Crippen LogP contribution in [-0.2, 0) is 19.3 Å². The summed E-state index contributed by atoms with van der Waals surface area (Å²) in [7, 11) is 1.93. The minimum absolute atomic E-state index is 0.416. The van der Waals surface area contributed by atoms with Gasteiger partial charge in [-0.2, -0.15) is 0 Å². The third-order valence-corrected chi connectivity index (χ3v) is 4.12. The molecule has 0 saturated heterocycles. The summed E-state index contributed by atoms with van der Waals surface area (Å²) in [6.45, 7) is 2.50. The molecule has 2 N–H and O–H groups in total. The molecule has 0 amide bonds. The minimum atomic E-state index is 0.416. The summed E-state index contributed by atoms with van der Waals surface area (Å²) in [5.41, 5.74) is 8.52. The molecule has 2 aromatic rings. The molecule has 2 heterocycles. The van der Waals surface area contributed by atoms with Crippen LogP contribution in [0, 0.1) is 6.92 Å². The van der Waals surface area contributed by atoms with Gasteiger partial charge in [0.1, 0.15) is 5.82 Å². The van der Waals surface area contributed by atoms with Gasteiger partial charge in [-0.15, -0.1) is 21.5 Å². The lowest BCUT2D eigenvalue weighted by Gasteiger charge is -2.01. The first kappa shape index (κ1) is 11.6. The SMILES string of the molecule is Cc1scnc1CSc1nnc(CN)n1C. The number of thioether (sulfide) groups is 1. The molecule has 2 rings (SSSR count). The minimum Gasteiger partial charge on any atom is -0.324 e. The molecular formula is C9H13N5S2. The van der Waals surface area contributed by atoms with Crippen molar-refractivity contribution in [1.29, 1.82) is 0 Å². The van der Waals surface area contributed by atoms with E-state index in [9.17, 15) is 0 Å². The van der Waals surface area contributed by atoms with E-state index < -0.39 is 0 Å². The highest BCUT2D eigenvalue weighted by Crippen LogP contribution is 2.23. The van der Waals surface area contributed by atoms with Crippen molar-refractivity contribution in [3.05, 3.63) is 21.9 Å². The van der Waals surface area contributed by atoms with Crippen molar-refractivity contribution in [3.63, 3.8) is 0 Å².